The van der Waals surface area contributed by atoms with Crippen LogP contribution in [0.15, 0.2) is 24.4 Å². The van der Waals surface area contributed by atoms with Gasteiger partial charge in [-0.15, -0.1) is 11.8 Å². The maximum Gasteiger partial charge on any atom is 0.224 e. The second-order valence-corrected chi connectivity index (χ2v) is 5.35. The quantitative estimate of drug-likeness (QED) is 0.765. The van der Waals surface area contributed by atoms with Crippen molar-refractivity contribution < 1.29 is 9.53 Å². The van der Waals surface area contributed by atoms with Gasteiger partial charge >= 0.3 is 0 Å². The molecule has 2 heterocycles. The van der Waals surface area contributed by atoms with Crippen LogP contribution >= 0.6 is 11.8 Å². The van der Waals surface area contributed by atoms with Crippen molar-refractivity contribution in [1.82, 2.24) is 9.88 Å². The van der Waals surface area contributed by atoms with E-state index in [0.29, 0.717) is 13.0 Å². The Morgan fingerprint density at radius 3 is 3.17 bits per heavy atom. The molecular formula is C13H18N2O2S. The molecule has 1 saturated heterocycles. The van der Waals surface area contributed by atoms with Crippen LogP contribution in [0.5, 0.6) is 0 Å². The van der Waals surface area contributed by atoms with Gasteiger partial charge in [0.25, 0.3) is 0 Å². The average molecular weight is 266 g/mol. The van der Waals surface area contributed by atoms with Gasteiger partial charge in [-0.1, -0.05) is 6.07 Å². The summed E-state index contributed by atoms with van der Waals surface area (Å²) in [6, 6.07) is 5.85. The lowest BCUT2D eigenvalue weighted by Crippen LogP contribution is -2.38. The second kappa shape index (κ2) is 6.75. The SMILES string of the molecule is COCCCN1C(=O)CCSC1c1ccccn1. The van der Waals surface area contributed by atoms with Crippen LogP contribution in [0.3, 0.4) is 0 Å². The number of amides is 1. The van der Waals surface area contributed by atoms with E-state index in [9.17, 15) is 4.79 Å². The lowest BCUT2D eigenvalue weighted by Gasteiger charge is -2.34. The molecule has 4 nitrogen and oxygen atoms in total. The van der Waals surface area contributed by atoms with Gasteiger partial charge < -0.3 is 9.64 Å². The van der Waals surface area contributed by atoms with E-state index in [1.807, 2.05) is 23.1 Å². The first-order valence-corrected chi connectivity index (χ1v) is 7.18. The third-order valence-electron chi connectivity index (χ3n) is 2.88. The number of thioether (sulfide) groups is 1. The highest BCUT2D eigenvalue weighted by atomic mass is 32.2. The largest absolute Gasteiger partial charge is 0.385 e. The normalized spacial score (nSPS) is 20.2. The average Bonchev–Trinajstić information content (AvgIpc) is 2.42. The highest BCUT2D eigenvalue weighted by Crippen LogP contribution is 2.36. The summed E-state index contributed by atoms with van der Waals surface area (Å²) in [4.78, 5) is 18.3. The summed E-state index contributed by atoms with van der Waals surface area (Å²) in [5.74, 6) is 1.10. The van der Waals surface area contributed by atoms with Crippen LogP contribution in [-0.4, -0.2) is 41.8 Å². The first-order chi connectivity index (χ1) is 8.83. The van der Waals surface area contributed by atoms with E-state index >= 15 is 0 Å². The fourth-order valence-corrected chi connectivity index (χ4v) is 3.24. The van der Waals surface area contributed by atoms with E-state index in [1.165, 1.54) is 0 Å². The molecule has 1 aliphatic rings. The van der Waals surface area contributed by atoms with Gasteiger partial charge in [0.1, 0.15) is 5.37 Å². The summed E-state index contributed by atoms with van der Waals surface area (Å²) in [5.41, 5.74) is 0.966. The number of hydrogen-bond donors (Lipinski definition) is 0. The first-order valence-electron chi connectivity index (χ1n) is 6.14. The zero-order valence-electron chi connectivity index (χ0n) is 10.5. The van der Waals surface area contributed by atoms with Crippen LogP contribution in [0.2, 0.25) is 0 Å². The van der Waals surface area contributed by atoms with Gasteiger partial charge in [-0.2, -0.15) is 0 Å². The summed E-state index contributed by atoms with van der Waals surface area (Å²) < 4.78 is 5.05. The molecule has 1 aromatic heterocycles. The Hall–Kier alpha value is -1.07. The van der Waals surface area contributed by atoms with Crippen molar-refractivity contribution in [2.75, 3.05) is 26.0 Å². The van der Waals surface area contributed by atoms with Gasteiger partial charge in [-0.05, 0) is 18.6 Å². The van der Waals surface area contributed by atoms with E-state index in [2.05, 4.69) is 4.98 Å². The Bertz CT molecular complexity index is 386. The van der Waals surface area contributed by atoms with Gasteiger partial charge in [0.15, 0.2) is 0 Å². The Balaban J connectivity index is 2.07. The van der Waals surface area contributed by atoms with Crippen molar-refractivity contribution in [3.05, 3.63) is 30.1 Å². The molecule has 98 valence electrons. The van der Waals surface area contributed by atoms with E-state index in [1.54, 1.807) is 25.1 Å². The van der Waals surface area contributed by atoms with Crippen LogP contribution < -0.4 is 0 Å². The third kappa shape index (κ3) is 3.23. The number of hydrogen-bond acceptors (Lipinski definition) is 4. The monoisotopic (exact) mass is 266 g/mol. The van der Waals surface area contributed by atoms with Gasteiger partial charge in [0.2, 0.25) is 5.91 Å². The van der Waals surface area contributed by atoms with Crippen LogP contribution in [0, 0.1) is 0 Å². The van der Waals surface area contributed by atoms with Crippen molar-refractivity contribution in [2.24, 2.45) is 0 Å². The maximum atomic E-state index is 12.0. The molecule has 1 amide bonds. The van der Waals surface area contributed by atoms with Crippen molar-refractivity contribution in [2.45, 2.75) is 18.2 Å². The first kappa shape index (κ1) is 13.4. The van der Waals surface area contributed by atoms with Gasteiger partial charge in [0, 0.05) is 38.6 Å². The standard InChI is InChI=1S/C13H18N2O2S/c1-17-9-4-8-15-12(16)6-10-18-13(15)11-5-2-3-7-14-11/h2-3,5,7,13H,4,6,8-10H2,1H3. The van der Waals surface area contributed by atoms with Crippen molar-refractivity contribution in [3.63, 3.8) is 0 Å². The molecule has 0 saturated carbocycles. The Morgan fingerprint density at radius 1 is 1.56 bits per heavy atom. The summed E-state index contributed by atoms with van der Waals surface area (Å²) >= 11 is 1.79. The summed E-state index contributed by atoms with van der Waals surface area (Å²) in [5, 5.41) is 0.0595. The molecule has 18 heavy (non-hydrogen) atoms. The lowest BCUT2D eigenvalue weighted by molar-refractivity contribution is -0.132. The fraction of sp³-hybridized carbons (Fsp3) is 0.538. The van der Waals surface area contributed by atoms with E-state index < -0.39 is 0 Å². The van der Waals surface area contributed by atoms with Crippen molar-refractivity contribution in [3.8, 4) is 0 Å². The van der Waals surface area contributed by atoms with E-state index in [4.69, 9.17) is 4.74 Å². The highest BCUT2D eigenvalue weighted by molar-refractivity contribution is 7.99. The molecule has 2 rings (SSSR count). The number of methoxy groups -OCH3 is 1. The Morgan fingerprint density at radius 2 is 2.44 bits per heavy atom. The van der Waals surface area contributed by atoms with Crippen LogP contribution in [0.1, 0.15) is 23.9 Å². The molecule has 0 aromatic carbocycles. The van der Waals surface area contributed by atoms with Crippen LogP contribution in [0.25, 0.3) is 0 Å². The van der Waals surface area contributed by atoms with Crippen molar-refractivity contribution in [1.29, 1.82) is 0 Å². The molecule has 5 heteroatoms. The Labute approximate surface area is 112 Å². The number of nitrogens with zero attached hydrogens (tertiary/aromatic N) is 2. The molecule has 1 unspecified atom stereocenters. The fourth-order valence-electron chi connectivity index (χ4n) is 2.01. The van der Waals surface area contributed by atoms with Crippen LogP contribution in [-0.2, 0) is 9.53 Å². The van der Waals surface area contributed by atoms with Gasteiger partial charge in [-0.3, -0.25) is 9.78 Å². The number of ether oxygens (including phenoxy) is 1. The van der Waals surface area contributed by atoms with Crippen molar-refractivity contribution >= 4 is 17.7 Å². The van der Waals surface area contributed by atoms with E-state index in [0.717, 1.165) is 24.4 Å². The minimum Gasteiger partial charge on any atom is -0.385 e. The molecule has 0 aliphatic carbocycles. The summed E-state index contributed by atoms with van der Waals surface area (Å²) in [6.07, 6.45) is 3.27. The van der Waals surface area contributed by atoms with E-state index in [-0.39, 0.29) is 11.3 Å². The molecule has 0 N–H and O–H groups in total. The molecule has 1 fully saturated rings. The highest BCUT2D eigenvalue weighted by Gasteiger charge is 2.29. The zero-order valence-corrected chi connectivity index (χ0v) is 11.4. The van der Waals surface area contributed by atoms with Crippen LogP contribution in [0.4, 0.5) is 0 Å². The molecular weight excluding hydrogens is 248 g/mol. The number of pyridine rings is 1. The van der Waals surface area contributed by atoms with Gasteiger partial charge in [-0.25, -0.2) is 0 Å². The number of aromatic nitrogens is 1. The molecule has 1 aromatic rings. The molecule has 0 spiro atoms. The summed E-state index contributed by atoms with van der Waals surface area (Å²) in [7, 11) is 1.68. The number of rotatable bonds is 5. The molecule has 0 radical (unpaired) electrons. The minimum absolute atomic E-state index is 0.0595. The summed E-state index contributed by atoms with van der Waals surface area (Å²) in [6.45, 7) is 1.42. The van der Waals surface area contributed by atoms with Gasteiger partial charge in [0.05, 0.1) is 5.69 Å². The molecule has 0 bridgehead atoms. The topological polar surface area (TPSA) is 42.4 Å². The minimum atomic E-state index is 0.0595. The Kier molecular flexibility index (Phi) is 5.01. The predicted molar refractivity (Wildman–Crippen MR) is 72.3 cm³/mol. The lowest BCUT2D eigenvalue weighted by atomic mass is 10.2. The molecule has 1 aliphatic heterocycles. The smallest absolute Gasteiger partial charge is 0.224 e. The molecule has 1 atom stereocenters. The number of carbonyl (C=O) groups excluding carboxylic acids is 1. The zero-order chi connectivity index (χ0) is 12.8. The predicted octanol–water partition coefficient (Wildman–Crippen LogP) is 2.08. The number of carbonyl (C=O) groups is 1. The maximum absolute atomic E-state index is 12.0. The second-order valence-electron chi connectivity index (χ2n) is 4.16. The third-order valence-corrected chi connectivity index (χ3v) is 4.13.